The van der Waals surface area contributed by atoms with Gasteiger partial charge in [0.05, 0.1) is 6.20 Å². The quantitative estimate of drug-likeness (QED) is 0.769. The predicted octanol–water partition coefficient (Wildman–Crippen LogP) is 3.18. The highest BCUT2D eigenvalue weighted by molar-refractivity contribution is 5.19. The second kappa shape index (κ2) is 8.09. The summed E-state index contributed by atoms with van der Waals surface area (Å²) >= 11 is 0. The minimum Gasteiger partial charge on any atom is -0.487 e. The van der Waals surface area contributed by atoms with E-state index in [0.717, 1.165) is 37.4 Å². The highest BCUT2D eigenvalue weighted by Crippen LogP contribution is 2.13. The molecule has 1 aromatic rings. The molecule has 1 heterocycles. The van der Waals surface area contributed by atoms with Crippen LogP contribution in [0.4, 0.5) is 0 Å². The van der Waals surface area contributed by atoms with Crippen LogP contribution in [0, 0.1) is 12.8 Å². The van der Waals surface area contributed by atoms with Crippen molar-refractivity contribution in [2.24, 2.45) is 5.92 Å². The fraction of sp³-hybridized carbons (Fsp3) is 0.667. The van der Waals surface area contributed by atoms with Crippen molar-refractivity contribution < 1.29 is 4.74 Å². The van der Waals surface area contributed by atoms with Crippen LogP contribution < -0.4 is 10.1 Å². The topological polar surface area (TPSA) is 34.1 Å². The molecule has 0 aromatic carbocycles. The van der Waals surface area contributed by atoms with E-state index in [0.29, 0.717) is 5.92 Å². The average Bonchev–Trinajstić information content (AvgIpc) is 2.32. The number of pyridine rings is 1. The van der Waals surface area contributed by atoms with Crippen LogP contribution in [0.5, 0.6) is 5.75 Å². The number of hydrogen-bond acceptors (Lipinski definition) is 3. The molecule has 0 aliphatic heterocycles. The van der Waals surface area contributed by atoms with Crippen LogP contribution in [0.15, 0.2) is 18.3 Å². The van der Waals surface area contributed by atoms with Crippen LogP contribution in [0.2, 0.25) is 0 Å². The van der Waals surface area contributed by atoms with Crippen LogP contribution in [0.25, 0.3) is 0 Å². The Bertz CT molecular complexity index is 322. The van der Waals surface area contributed by atoms with Crippen LogP contribution in [0.1, 0.15) is 39.3 Å². The van der Waals surface area contributed by atoms with Crippen molar-refractivity contribution in [1.29, 1.82) is 0 Å². The maximum absolute atomic E-state index is 5.97. The van der Waals surface area contributed by atoms with E-state index < -0.39 is 0 Å². The molecule has 0 spiro atoms. The van der Waals surface area contributed by atoms with Gasteiger partial charge in [0.2, 0.25) is 0 Å². The Morgan fingerprint density at radius 3 is 2.61 bits per heavy atom. The first kappa shape index (κ1) is 15.0. The van der Waals surface area contributed by atoms with Gasteiger partial charge in [0.15, 0.2) is 0 Å². The van der Waals surface area contributed by atoms with E-state index in [1.165, 1.54) is 0 Å². The van der Waals surface area contributed by atoms with Crippen LogP contribution in [0.3, 0.4) is 0 Å². The molecule has 0 fully saturated rings. The Hall–Kier alpha value is -1.09. The molecule has 102 valence electrons. The number of aryl methyl sites for hydroxylation is 1. The van der Waals surface area contributed by atoms with Crippen LogP contribution in [-0.2, 0) is 0 Å². The van der Waals surface area contributed by atoms with Crippen molar-refractivity contribution in [1.82, 2.24) is 10.3 Å². The van der Waals surface area contributed by atoms with E-state index in [-0.39, 0.29) is 6.10 Å². The molecule has 18 heavy (non-hydrogen) atoms. The van der Waals surface area contributed by atoms with Crippen LogP contribution >= 0.6 is 0 Å². The van der Waals surface area contributed by atoms with Gasteiger partial charge in [-0.2, -0.15) is 0 Å². The second-order valence-electron chi connectivity index (χ2n) is 5.22. The van der Waals surface area contributed by atoms with Gasteiger partial charge in [-0.25, -0.2) is 0 Å². The molecule has 0 aliphatic rings. The van der Waals surface area contributed by atoms with Gasteiger partial charge < -0.3 is 10.1 Å². The highest BCUT2D eigenvalue weighted by Gasteiger charge is 2.09. The maximum atomic E-state index is 5.97. The van der Waals surface area contributed by atoms with Gasteiger partial charge in [0, 0.05) is 12.2 Å². The largest absolute Gasteiger partial charge is 0.487 e. The summed E-state index contributed by atoms with van der Waals surface area (Å²) in [5, 5.41) is 3.46. The molecule has 0 aliphatic carbocycles. The number of rotatable bonds is 8. The Kier molecular flexibility index (Phi) is 6.73. The summed E-state index contributed by atoms with van der Waals surface area (Å²) in [6.45, 7) is 10.5. The number of nitrogens with one attached hydrogen (secondary N) is 1. The number of hydrogen-bond donors (Lipinski definition) is 1. The molecule has 0 saturated carbocycles. The Morgan fingerprint density at radius 1 is 1.28 bits per heavy atom. The third-order valence-corrected chi connectivity index (χ3v) is 2.72. The lowest BCUT2D eigenvalue weighted by Gasteiger charge is -2.19. The van der Waals surface area contributed by atoms with E-state index >= 15 is 0 Å². The molecule has 0 saturated heterocycles. The van der Waals surface area contributed by atoms with Gasteiger partial charge in [0.25, 0.3) is 0 Å². The van der Waals surface area contributed by atoms with Gasteiger partial charge in [-0.1, -0.05) is 27.2 Å². The number of aromatic nitrogens is 1. The molecule has 1 aromatic heterocycles. The number of ether oxygens (including phenoxy) is 1. The summed E-state index contributed by atoms with van der Waals surface area (Å²) in [4.78, 5) is 4.26. The molecular formula is C15H26N2O. The third kappa shape index (κ3) is 6.01. The Labute approximate surface area is 111 Å². The zero-order chi connectivity index (χ0) is 13.4. The van der Waals surface area contributed by atoms with Gasteiger partial charge in [0.1, 0.15) is 11.9 Å². The zero-order valence-electron chi connectivity index (χ0n) is 12.1. The predicted molar refractivity (Wildman–Crippen MR) is 76.0 cm³/mol. The van der Waals surface area contributed by atoms with Crippen molar-refractivity contribution in [3.63, 3.8) is 0 Å². The molecule has 3 heteroatoms. The molecule has 1 unspecified atom stereocenters. The highest BCUT2D eigenvalue weighted by atomic mass is 16.5. The van der Waals surface area contributed by atoms with E-state index in [1.54, 1.807) is 6.20 Å². The lowest BCUT2D eigenvalue weighted by molar-refractivity contribution is 0.184. The van der Waals surface area contributed by atoms with Gasteiger partial charge in [-0.3, -0.25) is 4.98 Å². The van der Waals surface area contributed by atoms with E-state index in [1.807, 2.05) is 19.1 Å². The third-order valence-electron chi connectivity index (χ3n) is 2.72. The fourth-order valence-electron chi connectivity index (χ4n) is 1.77. The molecule has 1 rings (SSSR count). The monoisotopic (exact) mass is 250 g/mol. The first-order valence-corrected chi connectivity index (χ1v) is 6.91. The molecule has 1 atom stereocenters. The smallest absolute Gasteiger partial charge is 0.138 e. The first-order valence-electron chi connectivity index (χ1n) is 6.91. The van der Waals surface area contributed by atoms with E-state index in [9.17, 15) is 0 Å². The minimum absolute atomic E-state index is 0.234. The molecule has 0 radical (unpaired) electrons. The van der Waals surface area contributed by atoms with E-state index in [2.05, 4.69) is 31.1 Å². The Balaban J connectivity index is 2.43. The zero-order valence-corrected chi connectivity index (χ0v) is 12.1. The van der Waals surface area contributed by atoms with Gasteiger partial charge >= 0.3 is 0 Å². The minimum atomic E-state index is 0.234. The fourth-order valence-corrected chi connectivity index (χ4v) is 1.77. The standard InChI is InChI=1S/C15H26N2O/c1-5-6-14(10-16-9-12(2)3)18-15-8-7-13(4)17-11-15/h7-8,11-12,14,16H,5-6,9-10H2,1-4H3. The SMILES string of the molecule is CCCC(CNCC(C)C)Oc1ccc(C)nc1. The molecule has 0 bridgehead atoms. The summed E-state index contributed by atoms with van der Waals surface area (Å²) in [6.07, 6.45) is 4.24. The van der Waals surface area contributed by atoms with Crippen molar-refractivity contribution in [3.8, 4) is 5.75 Å². The summed E-state index contributed by atoms with van der Waals surface area (Å²) in [5.41, 5.74) is 1.02. The molecular weight excluding hydrogens is 224 g/mol. The van der Waals surface area contributed by atoms with Gasteiger partial charge in [-0.05, 0) is 37.9 Å². The second-order valence-corrected chi connectivity index (χ2v) is 5.22. The van der Waals surface area contributed by atoms with Crippen molar-refractivity contribution in [2.45, 2.75) is 46.6 Å². The molecule has 0 amide bonds. The van der Waals surface area contributed by atoms with Crippen LogP contribution in [-0.4, -0.2) is 24.2 Å². The first-order chi connectivity index (χ1) is 8.61. The van der Waals surface area contributed by atoms with Gasteiger partial charge in [-0.15, -0.1) is 0 Å². The normalized spacial score (nSPS) is 12.7. The summed E-state index contributed by atoms with van der Waals surface area (Å²) in [7, 11) is 0. The van der Waals surface area contributed by atoms with Crippen molar-refractivity contribution >= 4 is 0 Å². The van der Waals surface area contributed by atoms with Crippen molar-refractivity contribution in [2.75, 3.05) is 13.1 Å². The Morgan fingerprint density at radius 2 is 2.06 bits per heavy atom. The van der Waals surface area contributed by atoms with E-state index in [4.69, 9.17) is 4.74 Å². The lowest BCUT2D eigenvalue weighted by Crippen LogP contribution is -2.33. The number of nitrogens with zero attached hydrogens (tertiary/aromatic N) is 1. The van der Waals surface area contributed by atoms with Crippen molar-refractivity contribution in [3.05, 3.63) is 24.0 Å². The summed E-state index contributed by atoms with van der Waals surface area (Å²) in [5.74, 6) is 1.54. The average molecular weight is 250 g/mol. The molecule has 3 nitrogen and oxygen atoms in total. The molecule has 1 N–H and O–H groups in total. The summed E-state index contributed by atoms with van der Waals surface area (Å²) in [6, 6.07) is 3.98. The summed E-state index contributed by atoms with van der Waals surface area (Å²) < 4.78 is 5.97. The maximum Gasteiger partial charge on any atom is 0.138 e. The lowest BCUT2D eigenvalue weighted by atomic mass is 10.2.